The SMILES string of the molecule is C=C(C=O)CO.C=C(CO)C(=O)OCC(COC)C1CCC(C2CCC(C3CCC(C4CCC(CCCCC)CC4)CC3)CC2)CC1. The Hall–Kier alpha value is -1.50. The lowest BCUT2D eigenvalue weighted by molar-refractivity contribution is -0.142. The molecular formula is C41H70O6. The predicted octanol–water partition coefficient (Wildman–Crippen LogP) is 8.88. The van der Waals surface area contributed by atoms with Crippen molar-refractivity contribution < 1.29 is 29.3 Å². The molecule has 0 heterocycles. The van der Waals surface area contributed by atoms with E-state index in [0.29, 0.717) is 25.4 Å². The van der Waals surface area contributed by atoms with Crippen LogP contribution < -0.4 is 0 Å². The average Bonchev–Trinajstić information content (AvgIpc) is 3.13. The molecule has 4 saturated carbocycles. The van der Waals surface area contributed by atoms with Crippen molar-refractivity contribution in [2.45, 2.75) is 135 Å². The van der Waals surface area contributed by atoms with Crippen LogP contribution in [-0.4, -0.2) is 56.0 Å². The largest absolute Gasteiger partial charge is 0.462 e. The second kappa shape index (κ2) is 22.3. The smallest absolute Gasteiger partial charge is 0.335 e. The van der Waals surface area contributed by atoms with Gasteiger partial charge in [0.05, 0.1) is 32.0 Å². The number of aliphatic hydroxyl groups excluding tert-OH is 2. The van der Waals surface area contributed by atoms with Gasteiger partial charge in [-0.05, 0) is 137 Å². The van der Waals surface area contributed by atoms with Crippen LogP contribution in [0.3, 0.4) is 0 Å². The van der Waals surface area contributed by atoms with Crippen molar-refractivity contribution >= 4 is 12.3 Å². The van der Waals surface area contributed by atoms with Crippen molar-refractivity contribution in [3.05, 3.63) is 24.3 Å². The number of hydrogen-bond acceptors (Lipinski definition) is 6. The van der Waals surface area contributed by atoms with Crippen LogP contribution in [0.5, 0.6) is 0 Å². The molecule has 0 amide bonds. The molecule has 0 radical (unpaired) electrons. The summed E-state index contributed by atoms with van der Waals surface area (Å²) in [6, 6.07) is 0. The Labute approximate surface area is 287 Å². The Kier molecular flexibility index (Phi) is 18.9. The summed E-state index contributed by atoms with van der Waals surface area (Å²) in [5, 5.41) is 17.1. The van der Waals surface area contributed by atoms with Gasteiger partial charge >= 0.3 is 5.97 Å². The van der Waals surface area contributed by atoms with E-state index in [-0.39, 0.29) is 30.3 Å². The lowest BCUT2D eigenvalue weighted by atomic mass is 9.62. The molecule has 270 valence electrons. The average molecular weight is 659 g/mol. The van der Waals surface area contributed by atoms with Crippen molar-refractivity contribution in [3.8, 4) is 0 Å². The number of esters is 1. The Morgan fingerprint density at radius 2 is 1.15 bits per heavy atom. The van der Waals surface area contributed by atoms with Gasteiger partial charge in [-0.1, -0.05) is 58.6 Å². The highest BCUT2D eigenvalue weighted by molar-refractivity contribution is 5.87. The summed E-state index contributed by atoms with van der Waals surface area (Å²) in [5.41, 5.74) is 0.346. The summed E-state index contributed by atoms with van der Waals surface area (Å²) in [6.45, 7) is 9.51. The van der Waals surface area contributed by atoms with Crippen LogP contribution in [0.4, 0.5) is 0 Å². The molecule has 0 aromatic rings. The molecule has 0 saturated heterocycles. The Morgan fingerprint density at radius 1 is 0.702 bits per heavy atom. The van der Waals surface area contributed by atoms with Crippen molar-refractivity contribution in [3.63, 3.8) is 0 Å². The molecule has 0 spiro atoms. The fourth-order valence-corrected chi connectivity index (χ4v) is 9.82. The summed E-state index contributed by atoms with van der Waals surface area (Å²) in [5.74, 6) is 7.32. The minimum atomic E-state index is -0.479. The van der Waals surface area contributed by atoms with Crippen LogP contribution >= 0.6 is 0 Å². The quantitative estimate of drug-likeness (QED) is 0.0745. The number of rotatable bonds is 16. The molecule has 6 heteroatoms. The Bertz CT molecular complexity index is 899. The van der Waals surface area contributed by atoms with Gasteiger partial charge in [0.1, 0.15) is 6.29 Å². The van der Waals surface area contributed by atoms with Crippen LogP contribution in [0.15, 0.2) is 24.3 Å². The minimum Gasteiger partial charge on any atom is -0.462 e. The van der Waals surface area contributed by atoms with E-state index in [2.05, 4.69) is 20.1 Å². The summed E-state index contributed by atoms with van der Waals surface area (Å²) in [4.78, 5) is 21.5. The number of methoxy groups -OCH3 is 1. The maximum atomic E-state index is 12.0. The van der Waals surface area contributed by atoms with Crippen molar-refractivity contribution in [1.29, 1.82) is 0 Å². The highest BCUT2D eigenvalue weighted by atomic mass is 16.5. The molecule has 2 N–H and O–H groups in total. The molecular weight excluding hydrogens is 588 g/mol. The van der Waals surface area contributed by atoms with E-state index in [1.54, 1.807) is 7.11 Å². The van der Waals surface area contributed by atoms with Crippen molar-refractivity contribution in [2.75, 3.05) is 33.5 Å². The third kappa shape index (κ3) is 13.4. The van der Waals surface area contributed by atoms with Gasteiger partial charge in [-0.15, -0.1) is 0 Å². The van der Waals surface area contributed by atoms with Crippen molar-refractivity contribution in [2.24, 2.45) is 53.3 Å². The zero-order valence-corrected chi connectivity index (χ0v) is 30.2. The molecule has 4 rings (SSSR count). The first-order valence-corrected chi connectivity index (χ1v) is 19.5. The number of carbonyl (C=O) groups is 2. The topological polar surface area (TPSA) is 93.1 Å². The van der Waals surface area contributed by atoms with E-state index in [4.69, 9.17) is 19.7 Å². The van der Waals surface area contributed by atoms with Crippen LogP contribution in [0.2, 0.25) is 0 Å². The monoisotopic (exact) mass is 659 g/mol. The fraction of sp³-hybridized carbons (Fsp3) is 0.854. The number of aliphatic hydroxyl groups is 2. The molecule has 4 fully saturated rings. The molecule has 4 aliphatic carbocycles. The normalized spacial score (nSPS) is 31.9. The molecule has 0 bridgehead atoms. The van der Waals surface area contributed by atoms with Gasteiger partial charge < -0.3 is 19.7 Å². The van der Waals surface area contributed by atoms with E-state index >= 15 is 0 Å². The molecule has 0 aromatic heterocycles. The maximum Gasteiger partial charge on any atom is 0.335 e. The lowest BCUT2D eigenvalue weighted by Gasteiger charge is -2.43. The first-order valence-electron chi connectivity index (χ1n) is 19.5. The summed E-state index contributed by atoms with van der Waals surface area (Å²) < 4.78 is 10.9. The molecule has 47 heavy (non-hydrogen) atoms. The molecule has 1 unspecified atom stereocenters. The molecule has 6 nitrogen and oxygen atoms in total. The van der Waals surface area contributed by atoms with Gasteiger partial charge in [0.15, 0.2) is 0 Å². The van der Waals surface area contributed by atoms with Gasteiger partial charge in [0.25, 0.3) is 0 Å². The van der Waals surface area contributed by atoms with E-state index in [1.807, 2.05) is 0 Å². The fourth-order valence-electron chi connectivity index (χ4n) is 9.82. The van der Waals surface area contributed by atoms with Crippen LogP contribution in [0.1, 0.15) is 135 Å². The summed E-state index contributed by atoms with van der Waals surface area (Å²) >= 11 is 0. The van der Waals surface area contributed by atoms with Gasteiger partial charge in [0.2, 0.25) is 0 Å². The van der Waals surface area contributed by atoms with Crippen LogP contribution in [0.25, 0.3) is 0 Å². The minimum absolute atomic E-state index is 0.129. The van der Waals surface area contributed by atoms with Gasteiger partial charge in [0, 0.05) is 18.6 Å². The number of aldehydes is 1. The molecule has 1 atom stereocenters. The Balaban J connectivity index is 0.000000913. The third-order valence-electron chi connectivity index (χ3n) is 12.9. The first-order chi connectivity index (χ1) is 22.8. The first kappa shape index (κ1) is 39.9. The number of unbranched alkanes of at least 4 members (excludes halogenated alkanes) is 2. The van der Waals surface area contributed by atoms with Crippen LogP contribution in [0, 0.1) is 53.3 Å². The number of carbonyl (C=O) groups excluding carboxylic acids is 2. The number of ether oxygens (including phenoxy) is 2. The van der Waals surface area contributed by atoms with Crippen LogP contribution in [-0.2, 0) is 19.1 Å². The Morgan fingerprint density at radius 3 is 1.51 bits per heavy atom. The lowest BCUT2D eigenvalue weighted by Crippen LogP contribution is -2.33. The highest BCUT2D eigenvalue weighted by Crippen LogP contribution is 2.49. The highest BCUT2D eigenvalue weighted by Gasteiger charge is 2.37. The predicted molar refractivity (Wildman–Crippen MR) is 191 cm³/mol. The van der Waals surface area contributed by atoms with E-state index < -0.39 is 5.97 Å². The zero-order valence-electron chi connectivity index (χ0n) is 30.2. The summed E-state index contributed by atoms with van der Waals surface area (Å²) in [6.07, 6.45) is 29.6. The van der Waals surface area contributed by atoms with E-state index in [0.717, 1.165) is 41.4 Å². The maximum absolute atomic E-state index is 12.0. The van der Waals surface area contributed by atoms with Gasteiger partial charge in [-0.2, -0.15) is 0 Å². The van der Waals surface area contributed by atoms with E-state index in [9.17, 15) is 9.59 Å². The molecule has 0 aromatic carbocycles. The zero-order chi connectivity index (χ0) is 34.0. The van der Waals surface area contributed by atoms with Crippen molar-refractivity contribution in [1.82, 2.24) is 0 Å². The van der Waals surface area contributed by atoms with Gasteiger partial charge in [-0.3, -0.25) is 4.79 Å². The summed E-state index contributed by atoms with van der Waals surface area (Å²) in [7, 11) is 1.73. The number of hydrogen-bond donors (Lipinski definition) is 2. The second-order valence-corrected chi connectivity index (χ2v) is 15.8. The van der Waals surface area contributed by atoms with Gasteiger partial charge in [-0.25, -0.2) is 4.79 Å². The standard InChI is InChI=1S/C37H64O4.C4H6O2/c1-4-5-6-7-28-8-10-29(11-9-28)30-12-14-31(15-13-30)32-16-18-33(19-17-32)34-20-22-35(23-21-34)36(25-40-3)26-41-37(39)27(2)24-38;1-4(2-5)3-6/h28-36,38H,2,4-26H2,1,3H3;2,6H,1,3H2. The second-order valence-electron chi connectivity index (χ2n) is 15.8. The third-order valence-corrected chi connectivity index (χ3v) is 12.9. The molecule has 4 aliphatic rings. The van der Waals surface area contributed by atoms with E-state index in [1.165, 1.54) is 128 Å². The molecule has 0 aliphatic heterocycles.